The van der Waals surface area contributed by atoms with Gasteiger partial charge in [-0.25, -0.2) is 9.78 Å². The highest BCUT2D eigenvalue weighted by atomic mass is 32.1. The largest absolute Gasteiger partial charge is 0.351 e. The maximum absolute atomic E-state index is 11.3. The Bertz CT molecular complexity index is 406. The number of carbonyl (C=O) groups excluding carboxylic acids is 2. The molecule has 0 spiro atoms. The third kappa shape index (κ3) is 5.74. The minimum Gasteiger partial charge on any atom is -0.351 e. The minimum atomic E-state index is -0.836. The van der Waals surface area contributed by atoms with Crippen LogP contribution in [0, 0.1) is 0 Å². The third-order valence-electron chi connectivity index (χ3n) is 2.30. The molecule has 0 saturated carbocycles. The molecular formula is C11H18N4O2S. The first-order valence-corrected chi connectivity index (χ1v) is 6.72. The molecule has 0 aromatic carbocycles. The Balaban J connectivity index is 2.34. The Kier molecular flexibility index (Phi) is 6.31. The van der Waals surface area contributed by atoms with Crippen molar-refractivity contribution in [3.63, 3.8) is 0 Å². The number of amides is 3. The van der Waals surface area contributed by atoms with E-state index in [1.165, 1.54) is 11.3 Å². The third-order valence-corrected chi connectivity index (χ3v) is 3.26. The summed E-state index contributed by atoms with van der Waals surface area (Å²) >= 11 is 1.53. The quantitative estimate of drug-likeness (QED) is 0.628. The number of unbranched alkanes of at least 4 members (excludes halogenated alkanes) is 2. The van der Waals surface area contributed by atoms with E-state index in [1.807, 2.05) is 10.7 Å². The fourth-order valence-electron chi connectivity index (χ4n) is 1.49. The maximum Gasteiger partial charge on any atom is 0.318 e. The number of urea groups is 1. The zero-order chi connectivity index (χ0) is 13.4. The summed E-state index contributed by atoms with van der Waals surface area (Å²) in [5, 5.41) is 4.85. The zero-order valence-corrected chi connectivity index (χ0v) is 11.0. The molecule has 0 unspecified atom stereocenters. The van der Waals surface area contributed by atoms with E-state index in [-0.39, 0.29) is 6.42 Å². The summed E-state index contributed by atoms with van der Waals surface area (Å²) < 4.78 is 0. The van der Waals surface area contributed by atoms with Gasteiger partial charge in [0.15, 0.2) is 0 Å². The van der Waals surface area contributed by atoms with Gasteiger partial charge < -0.3 is 11.5 Å². The summed E-state index contributed by atoms with van der Waals surface area (Å²) in [6.45, 7) is 0.719. The van der Waals surface area contributed by atoms with Gasteiger partial charge in [-0.1, -0.05) is 6.42 Å². The molecule has 0 saturated heterocycles. The van der Waals surface area contributed by atoms with E-state index >= 15 is 0 Å². The molecule has 0 radical (unpaired) electrons. The minimum absolute atomic E-state index is 0.0856. The number of imide groups is 1. The average molecular weight is 270 g/mol. The van der Waals surface area contributed by atoms with Gasteiger partial charge in [0.1, 0.15) is 0 Å². The van der Waals surface area contributed by atoms with Crippen LogP contribution >= 0.6 is 11.3 Å². The number of primary amides is 1. The van der Waals surface area contributed by atoms with Crippen LogP contribution in [0.3, 0.4) is 0 Å². The number of hydrogen-bond donors (Lipinski definition) is 3. The molecule has 1 aromatic rings. The molecular weight excluding hydrogens is 252 g/mol. The number of aromatic nitrogens is 1. The highest BCUT2D eigenvalue weighted by Crippen LogP contribution is 2.13. The molecule has 1 aromatic heterocycles. The molecule has 100 valence electrons. The summed E-state index contributed by atoms with van der Waals surface area (Å²) in [5.74, 6) is -0.428. The van der Waals surface area contributed by atoms with Crippen molar-refractivity contribution in [2.75, 3.05) is 6.54 Å². The van der Waals surface area contributed by atoms with Crippen LogP contribution in [0.4, 0.5) is 4.79 Å². The van der Waals surface area contributed by atoms with Gasteiger partial charge in [0, 0.05) is 5.38 Å². The van der Waals surface area contributed by atoms with Gasteiger partial charge in [-0.15, -0.1) is 11.3 Å². The highest BCUT2D eigenvalue weighted by Gasteiger charge is 2.09. The SMILES string of the molecule is NCCCCCc1nc(CC(=O)NC(N)=O)cs1. The van der Waals surface area contributed by atoms with E-state index in [1.54, 1.807) is 0 Å². The lowest BCUT2D eigenvalue weighted by Gasteiger charge is -1.98. The molecule has 0 fully saturated rings. The van der Waals surface area contributed by atoms with Gasteiger partial charge in [0.2, 0.25) is 5.91 Å². The lowest BCUT2D eigenvalue weighted by Crippen LogP contribution is -2.36. The van der Waals surface area contributed by atoms with Crippen molar-refractivity contribution in [1.82, 2.24) is 10.3 Å². The highest BCUT2D eigenvalue weighted by molar-refractivity contribution is 7.09. The Labute approximate surface area is 110 Å². The Morgan fingerprint density at radius 3 is 2.78 bits per heavy atom. The summed E-state index contributed by atoms with van der Waals surface area (Å²) in [5.41, 5.74) is 10.9. The van der Waals surface area contributed by atoms with Crippen LogP contribution in [-0.2, 0) is 17.6 Å². The van der Waals surface area contributed by atoms with Gasteiger partial charge >= 0.3 is 6.03 Å². The van der Waals surface area contributed by atoms with Crippen molar-refractivity contribution in [3.05, 3.63) is 16.1 Å². The lowest BCUT2D eigenvalue weighted by atomic mass is 10.2. The number of nitrogens with one attached hydrogen (secondary N) is 1. The molecule has 5 N–H and O–H groups in total. The van der Waals surface area contributed by atoms with Gasteiger partial charge in [0.25, 0.3) is 0 Å². The second-order valence-corrected chi connectivity index (χ2v) is 4.86. The number of nitrogens with two attached hydrogens (primary N) is 2. The first-order valence-electron chi connectivity index (χ1n) is 5.84. The predicted octanol–water partition coefficient (Wildman–Crippen LogP) is 0.552. The van der Waals surface area contributed by atoms with Crippen LogP contribution in [0.25, 0.3) is 0 Å². The van der Waals surface area contributed by atoms with Crippen LogP contribution < -0.4 is 16.8 Å². The van der Waals surface area contributed by atoms with Gasteiger partial charge in [0.05, 0.1) is 17.1 Å². The van der Waals surface area contributed by atoms with E-state index in [0.717, 1.165) is 37.2 Å². The summed E-state index contributed by atoms with van der Waals surface area (Å²) in [4.78, 5) is 26.1. The summed E-state index contributed by atoms with van der Waals surface area (Å²) in [7, 11) is 0. The standard InChI is InChI=1S/C11H18N4O2S/c12-5-3-1-2-4-10-14-8(7-18-10)6-9(16)15-11(13)17/h7H,1-6,12H2,(H3,13,15,16,17). The molecule has 1 rings (SSSR count). The number of thiazole rings is 1. The number of carbonyl (C=O) groups is 2. The maximum atomic E-state index is 11.3. The molecule has 3 amide bonds. The Morgan fingerprint density at radius 1 is 1.33 bits per heavy atom. The second kappa shape index (κ2) is 7.78. The van der Waals surface area contributed by atoms with E-state index in [9.17, 15) is 9.59 Å². The topological polar surface area (TPSA) is 111 Å². The van der Waals surface area contributed by atoms with Crippen molar-refractivity contribution >= 4 is 23.3 Å². The monoisotopic (exact) mass is 270 g/mol. The fraction of sp³-hybridized carbons (Fsp3) is 0.545. The van der Waals surface area contributed by atoms with Crippen molar-refractivity contribution in [1.29, 1.82) is 0 Å². The van der Waals surface area contributed by atoms with Crippen LogP contribution in [0.5, 0.6) is 0 Å². The molecule has 7 heteroatoms. The fourth-order valence-corrected chi connectivity index (χ4v) is 2.33. The molecule has 0 atom stereocenters. The molecule has 18 heavy (non-hydrogen) atoms. The number of nitrogens with zero attached hydrogens (tertiary/aromatic N) is 1. The van der Waals surface area contributed by atoms with E-state index in [0.29, 0.717) is 5.69 Å². The molecule has 0 bridgehead atoms. The van der Waals surface area contributed by atoms with Crippen LogP contribution in [0.2, 0.25) is 0 Å². The zero-order valence-electron chi connectivity index (χ0n) is 10.1. The van der Waals surface area contributed by atoms with E-state index in [4.69, 9.17) is 11.5 Å². The van der Waals surface area contributed by atoms with Crippen LogP contribution in [0.15, 0.2) is 5.38 Å². The van der Waals surface area contributed by atoms with Crippen molar-refractivity contribution in [2.24, 2.45) is 11.5 Å². The number of hydrogen-bond acceptors (Lipinski definition) is 5. The Morgan fingerprint density at radius 2 is 2.11 bits per heavy atom. The second-order valence-electron chi connectivity index (χ2n) is 3.92. The van der Waals surface area contributed by atoms with E-state index < -0.39 is 11.9 Å². The number of aryl methyl sites for hydroxylation is 1. The molecule has 0 aliphatic carbocycles. The lowest BCUT2D eigenvalue weighted by molar-refractivity contribution is -0.119. The Hall–Kier alpha value is -1.47. The van der Waals surface area contributed by atoms with Gasteiger partial charge in [-0.05, 0) is 25.8 Å². The molecule has 1 heterocycles. The van der Waals surface area contributed by atoms with Gasteiger partial charge in [-0.3, -0.25) is 10.1 Å². The normalized spacial score (nSPS) is 10.3. The van der Waals surface area contributed by atoms with Crippen LogP contribution in [0.1, 0.15) is 30.0 Å². The molecule has 6 nitrogen and oxygen atoms in total. The first-order chi connectivity index (χ1) is 8.61. The van der Waals surface area contributed by atoms with E-state index in [2.05, 4.69) is 4.98 Å². The molecule has 0 aliphatic rings. The predicted molar refractivity (Wildman–Crippen MR) is 70.2 cm³/mol. The summed E-state index contributed by atoms with van der Waals surface area (Å²) in [6.07, 6.45) is 4.16. The van der Waals surface area contributed by atoms with Crippen molar-refractivity contribution in [3.8, 4) is 0 Å². The first kappa shape index (κ1) is 14.6. The average Bonchev–Trinajstić information content (AvgIpc) is 2.71. The van der Waals surface area contributed by atoms with Crippen LogP contribution in [-0.4, -0.2) is 23.5 Å². The van der Waals surface area contributed by atoms with Crippen molar-refractivity contribution in [2.45, 2.75) is 32.1 Å². The van der Waals surface area contributed by atoms with Gasteiger partial charge in [-0.2, -0.15) is 0 Å². The smallest absolute Gasteiger partial charge is 0.318 e. The summed E-state index contributed by atoms with van der Waals surface area (Å²) in [6, 6.07) is -0.836. The molecule has 0 aliphatic heterocycles. The van der Waals surface area contributed by atoms with Crippen molar-refractivity contribution < 1.29 is 9.59 Å². The number of rotatable bonds is 7.